The number of nitrogens with one attached hydrogen (secondary N) is 1. The van der Waals surface area contributed by atoms with Gasteiger partial charge in [-0.25, -0.2) is 13.1 Å². The fraction of sp³-hybridized carbons (Fsp3) is 0.571. The lowest BCUT2D eigenvalue weighted by Crippen LogP contribution is -2.30. The number of aryl methyl sites for hydroxylation is 1. The quantitative estimate of drug-likeness (QED) is 0.686. The molecule has 0 amide bonds. The molecule has 0 aromatic carbocycles. The molecule has 1 atom stereocenters. The van der Waals surface area contributed by atoms with Gasteiger partial charge in [0.2, 0.25) is 10.0 Å². The molecule has 0 radical (unpaired) electrons. The van der Waals surface area contributed by atoms with Crippen LogP contribution in [0.2, 0.25) is 0 Å². The fourth-order valence-electron chi connectivity index (χ4n) is 0.851. The molecule has 0 aliphatic rings. The van der Waals surface area contributed by atoms with E-state index in [2.05, 4.69) is 9.82 Å². The highest BCUT2D eigenvalue weighted by Gasteiger charge is 2.15. The largest absolute Gasteiger partial charge is 0.392 e. The van der Waals surface area contributed by atoms with Crippen LogP contribution in [0.15, 0.2) is 17.3 Å². The van der Waals surface area contributed by atoms with E-state index in [4.69, 9.17) is 5.11 Å². The molecule has 7 heteroatoms. The van der Waals surface area contributed by atoms with E-state index in [-0.39, 0.29) is 11.4 Å². The minimum atomic E-state index is -3.53. The van der Waals surface area contributed by atoms with Crippen molar-refractivity contribution in [3.8, 4) is 0 Å². The summed E-state index contributed by atoms with van der Waals surface area (Å²) in [4.78, 5) is 0.0978. The zero-order chi connectivity index (χ0) is 10.8. The van der Waals surface area contributed by atoms with Gasteiger partial charge in [-0.2, -0.15) is 5.10 Å². The lowest BCUT2D eigenvalue weighted by atomic mass is 10.4. The van der Waals surface area contributed by atoms with Crippen molar-refractivity contribution in [3.63, 3.8) is 0 Å². The van der Waals surface area contributed by atoms with E-state index in [1.54, 1.807) is 7.05 Å². The van der Waals surface area contributed by atoms with Crippen LogP contribution in [0.1, 0.15) is 6.92 Å². The Morgan fingerprint density at radius 1 is 1.71 bits per heavy atom. The van der Waals surface area contributed by atoms with Gasteiger partial charge >= 0.3 is 0 Å². The molecule has 0 saturated heterocycles. The molecule has 0 aliphatic heterocycles. The lowest BCUT2D eigenvalue weighted by molar-refractivity contribution is 0.198. The molecule has 6 nitrogen and oxygen atoms in total. The maximum Gasteiger partial charge on any atom is 0.243 e. The molecule has 1 heterocycles. The number of hydrogen-bond acceptors (Lipinski definition) is 4. The third-order valence-electron chi connectivity index (χ3n) is 1.56. The summed E-state index contributed by atoms with van der Waals surface area (Å²) in [6.07, 6.45) is 1.94. The van der Waals surface area contributed by atoms with Crippen LogP contribution in [0.3, 0.4) is 0 Å². The van der Waals surface area contributed by atoms with E-state index < -0.39 is 16.1 Å². The second-order valence-electron chi connectivity index (χ2n) is 3.05. The second-order valence-corrected chi connectivity index (χ2v) is 4.82. The highest BCUT2D eigenvalue weighted by Crippen LogP contribution is 2.05. The van der Waals surface area contributed by atoms with E-state index in [1.807, 2.05) is 0 Å². The van der Waals surface area contributed by atoms with Crippen LogP contribution < -0.4 is 4.72 Å². The Bertz CT molecular complexity index is 396. The number of sulfonamides is 1. The molecule has 2 N–H and O–H groups in total. The summed E-state index contributed by atoms with van der Waals surface area (Å²) in [6, 6.07) is 0. The van der Waals surface area contributed by atoms with Gasteiger partial charge in [-0.3, -0.25) is 4.68 Å². The maximum atomic E-state index is 11.5. The van der Waals surface area contributed by atoms with Crippen molar-refractivity contribution in [2.75, 3.05) is 6.54 Å². The van der Waals surface area contributed by atoms with Crippen LogP contribution in [0.5, 0.6) is 0 Å². The summed E-state index contributed by atoms with van der Waals surface area (Å²) in [5.41, 5.74) is 0. The lowest BCUT2D eigenvalue weighted by Gasteiger charge is -2.05. The highest BCUT2D eigenvalue weighted by atomic mass is 32.2. The number of aliphatic hydroxyl groups excluding tert-OH is 1. The van der Waals surface area contributed by atoms with Gasteiger partial charge in [0, 0.05) is 19.8 Å². The first-order valence-corrected chi connectivity index (χ1v) is 5.56. The minimum absolute atomic E-state index is 0.00275. The average Bonchev–Trinajstić information content (AvgIpc) is 2.49. The van der Waals surface area contributed by atoms with Crippen molar-refractivity contribution >= 4 is 10.0 Å². The van der Waals surface area contributed by atoms with Gasteiger partial charge in [-0.05, 0) is 6.92 Å². The third kappa shape index (κ3) is 2.79. The van der Waals surface area contributed by atoms with Crippen LogP contribution in [0, 0.1) is 0 Å². The summed E-state index contributed by atoms with van der Waals surface area (Å²) in [7, 11) is -1.90. The summed E-state index contributed by atoms with van der Waals surface area (Å²) in [5, 5.41) is 12.7. The Morgan fingerprint density at radius 2 is 2.36 bits per heavy atom. The number of aromatic nitrogens is 2. The Hall–Kier alpha value is -0.920. The molecule has 0 unspecified atom stereocenters. The molecule has 14 heavy (non-hydrogen) atoms. The molecule has 0 saturated carbocycles. The van der Waals surface area contributed by atoms with Crippen molar-refractivity contribution in [1.82, 2.24) is 14.5 Å². The summed E-state index contributed by atoms with van der Waals surface area (Å²) < 4.78 is 26.6. The summed E-state index contributed by atoms with van der Waals surface area (Å²) in [5.74, 6) is 0. The molecular weight excluding hydrogens is 206 g/mol. The van der Waals surface area contributed by atoms with Crippen LogP contribution in [0.25, 0.3) is 0 Å². The molecule has 1 aromatic heterocycles. The SMILES string of the molecule is C[C@H](O)CNS(=O)(=O)c1cnn(C)c1. The summed E-state index contributed by atoms with van der Waals surface area (Å²) in [6.45, 7) is 1.50. The molecule has 0 spiro atoms. The monoisotopic (exact) mass is 219 g/mol. The normalized spacial score (nSPS) is 14.2. The van der Waals surface area contributed by atoms with Gasteiger partial charge in [0.05, 0.1) is 12.3 Å². The smallest absolute Gasteiger partial charge is 0.243 e. The van der Waals surface area contributed by atoms with Crippen molar-refractivity contribution in [3.05, 3.63) is 12.4 Å². The van der Waals surface area contributed by atoms with E-state index in [0.29, 0.717) is 0 Å². The first-order chi connectivity index (χ1) is 6.42. The second kappa shape index (κ2) is 4.07. The van der Waals surface area contributed by atoms with Crippen LogP contribution in [-0.2, 0) is 17.1 Å². The van der Waals surface area contributed by atoms with E-state index >= 15 is 0 Å². The van der Waals surface area contributed by atoms with Gasteiger partial charge in [-0.1, -0.05) is 0 Å². The predicted octanol–water partition coefficient (Wildman–Crippen LogP) is -0.921. The van der Waals surface area contributed by atoms with Crippen LogP contribution in [0.4, 0.5) is 0 Å². The average molecular weight is 219 g/mol. The van der Waals surface area contributed by atoms with Crippen molar-refractivity contribution < 1.29 is 13.5 Å². The molecule has 0 fully saturated rings. The Labute approximate surface area is 82.6 Å². The van der Waals surface area contributed by atoms with Crippen LogP contribution >= 0.6 is 0 Å². The first-order valence-electron chi connectivity index (χ1n) is 4.08. The molecule has 1 aromatic rings. The molecular formula is C7H13N3O3S. The molecule has 0 bridgehead atoms. The van der Waals surface area contributed by atoms with Gasteiger partial charge in [0.1, 0.15) is 4.90 Å². The standard InChI is InChI=1S/C7H13N3O3S/c1-6(11)3-9-14(12,13)7-4-8-10(2)5-7/h4-6,9,11H,3H2,1-2H3/t6-/m0/s1. The molecule has 80 valence electrons. The Kier molecular flexibility index (Phi) is 3.25. The first kappa shape index (κ1) is 11.2. The van der Waals surface area contributed by atoms with E-state index in [0.717, 1.165) is 0 Å². The van der Waals surface area contributed by atoms with Gasteiger partial charge in [0.15, 0.2) is 0 Å². The van der Waals surface area contributed by atoms with Crippen LogP contribution in [-0.4, -0.2) is 36.0 Å². The van der Waals surface area contributed by atoms with Gasteiger partial charge < -0.3 is 5.11 Å². The number of rotatable bonds is 4. The van der Waals surface area contributed by atoms with Gasteiger partial charge in [-0.15, -0.1) is 0 Å². The zero-order valence-corrected chi connectivity index (χ0v) is 8.82. The molecule has 0 aliphatic carbocycles. The van der Waals surface area contributed by atoms with Crippen molar-refractivity contribution in [1.29, 1.82) is 0 Å². The minimum Gasteiger partial charge on any atom is -0.392 e. The highest BCUT2D eigenvalue weighted by molar-refractivity contribution is 7.89. The number of hydrogen-bond donors (Lipinski definition) is 2. The third-order valence-corrected chi connectivity index (χ3v) is 2.94. The zero-order valence-electron chi connectivity index (χ0n) is 8.01. The van der Waals surface area contributed by atoms with Gasteiger partial charge in [0.25, 0.3) is 0 Å². The fourth-order valence-corrected chi connectivity index (χ4v) is 1.96. The predicted molar refractivity (Wildman–Crippen MR) is 50.1 cm³/mol. The molecule has 1 rings (SSSR count). The summed E-state index contributed by atoms with van der Waals surface area (Å²) >= 11 is 0. The number of aliphatic hydroxyl groups is 1. The Balaban J connectivity index is 2.76. The number of nitrogens with zero attached hydrogens (tertiary/aromatic N) is 2. The topological polar surface area (TPSA) is 84.2 Å². The maximum absolute atomic E-state index is 11.5. The Morgan fingerprint density at radius 3 is 2.79 bits per heavy atom. The van der Waals surface area contributed by atoms with E-state index in [9.17, 15) is 8.42 Å². The van der Waals surface area contributed by atoms with E-state index in [1.165, 1.54) is 24.0 Å². The van der Waals surface area contributed by atoms with Crippen molar-refractivity contribution in [2.45, 2.75) is 17.9 Å². The van der Waals surface area contributed by atoms with Crippen molar-refractivity contribution in [2.24, 2.45) is 7.05 Å².